The molecule has 0 atom stereocenters. The highest BCUT2D eigenvalue weighted by molar-refractivity contribution is 5.77. The van der Waals surface area contributed by atoms with E-state index in [0.717, 1.165) is 18.4 Å². The van der Waals surface area contributed by atoms with Crippen LogP contribution in [0.2, 0.25) is 0 Å². The largest absolute Gasteiger partial charge is 0.460 e. The minimum absolute atomic E-state index is 0.105. The van der Waals surface area contributed by atoms with Crippen LogP contribution in [-0.4, -0.2) is 5.97 Å². The van der Waals surface area contributed by atoms with E-state index < -0.39 is 5.41 Å². The Bertz CT molecular complexity index is 439. The first-order chi connectivity index (χ1) is 9.26. The molecule has 0 aromatic heterocycles. The van der Waals surface area contributed by atoms with Gasteiger partial charge >= 0.3 is 5.97 Å². The Kier molecular flexibility index (Phi) is 5.21. The normalized spacial score (nSPS) is 12.2. The van der Waals surface area contributed by atoms with Gasteiger partial charge in [0.1, 0.15) is 6.61 Å². The van der Waals surface area contributed by atoms with Crippen molar-refractivity contribution < 1.29 is 9.53 Å². The molecule has 20 heavy (non-hydrogen) atoms. The van der Waals surface area contributed by atoms with Gasteiger partial charge in [0.25, 0.3) is 0 Å². The molecule has 0 radical (unpaired) electrons. The van der Waals surface area contributed by atoms with Gasteiger partial charge in [0.2, 0.25) is 0 Å². The number of hydrogen-bond donors (Lipinski definition) is 1. The Hall–Kier alpha value is -1.51. The quantitative estimate of drug-likeness (QED) is 0.649. The topological polar surface area (TPSA) is 52.3 Å². The van der Waals surface area contributed by atoms with Crippen LogP contribution in [0.3, 0.4) is 0 Å². The van der Waals surface area contributed by atoms with E-state index in [2.05, 4.69) is 34.6 Å². The van der Waals surface area contributed by atoms with Gasteiger partial charge in [-0.05, 0) is 36.0 Å². The van der Waals surface area contributed by atoms with Gasteiger partial charge in [-0.3, -0.25) is 4.79 Å². The zero-order valence-electron chi connectivity index (χ0n) is 13.3. The van der Waals surface area contributed by atoms with Crippen LogP contribution in [0, 0.1) is 10.8 Å². The highest BCUT2D eigenvalue weighted by Gasteiger charge is 2.46. The van der Waals surface area contributed by atoms with Gasteiger partial charge in [-0.15, -0.1) is 0 Å². The maximum Gasteiger partial charge on any atom is 0.312 e. The van der Waals surface area contributed by atoms with Crippen LogP contribution < -0.4 is 5.73 Å². The van der Waals surface area contributed by atoms with E-state index in [-0.39, 0.29) is 11.4 Å². The number of ether oxygens (including phenoxy) is 1. The average molecular weight is 277 g/mol. The van der Waals surface area contributed by atoms with E-state index in [4.69, 9.17) is 10.5 Å². The molecule has 0 fully saturated rings. The zero-order chi connectivity index (χ0) is 15.4. The van der Waals surface area contributed by atoms with Crippen molar-refractivity contribution in [3.05, 3.63) is 29.8 Å². The van der Waals surface area contributed by atoms with Crippen LogP contribution >= 0.6 is 0 Å². The van der Waals surface area contributed by atoms with Gasteiger partial charge < -0.3 is 10.5 Å². The van der Waals surface area contributed by atoms with Crippen molar-refractivity contribution in [3.8, 4) is 0 Å². The molecule has 0 bridgehead atoms. The van der Waals surface area contributed by atoms with Crippen molar-refractivity contribution in [2.24, 2.45) is 10.8 Å². The lowest BCUT2D eigenvalue weighted by molar-refractivity contribution is -0.165. The third-order valence-electron chi connectivity index (χ3n) is 4.38. The molecule has 1 aromatic carbocycles. The molecule has 0 amide bonds. The fourth-order valence-corrected chi connectivity index (χ4v) is 2.81. The first-order valence-electron chi connectivity index (χ1n) is 7.28. The van der Waals surface area contributed by atoms with Crippen LogP contribution in [0.15, 0.2) is 24.3 Å². The first kappa shape index (κ1) is 16.5. The maximum absolute atomic E-state index is 12.6. The Labute approximate surface area is 122 Å². The van der Waals surface area contributed by atoms with E-state index in [1.807, 2.05) is 24.3 Å². The average Bonchev–Trinajstić information content (AvgIpc) is 2.38. The molecule has 3 heteroatoms. The van der Waals surface area contributed by atoms with E-state index in [1.54, 1.807) is 0 Å². The second-order valence-electron chi connectivity index (χ2n) is 6.36. The lowest BCUT2D eigenvalue weighted by atomic mass is 9.63. The summed E-state index contributed by atoms with van der Waals surface area (Å²) < 4.78 is 5.56. The number of nitrogen functional groups attached to an aromatic ring is 1. The van der Waals surface area contributed by atoms with Crippen LogP contribution in [0.4, 0.5) is 5.69 Å². The Balaban J connectivity index is 2.80. The summed E-state index contributed by atoms with van der Waals surface area (Å²) in [6, 6.07) is 7.41. The van der Waals surface area contributed by atoms with Crippen LogP contribution in [0.5, 0.6) is 0 Å². The monoisotopic (exact) mass is 277 g/mol. The predicted octanol–water partition coefficient (Wildman–Crippen LogP) is 4.16. The number of nitrogens with two attached hydrogens (primary N) is 1. The van der Waals surface area contributed by atoms with Gasteiger partial charge in [0, 0.05) is 5.69 Å². The molecule has 0 saturated heterocycles. The standard InChI is InChI=1S/C17H27NO2/c1-6-17(7-2,16(3,4)5)15(19)20-12-13-8-10-14(18)11-9-13/h8-11H,6-7,12,18H2,1-5H3. The van der Waals surface area contributed by atoms with Crippen LogP contribution in [0.25, 0.3) is 0 Å². The smallest absolute Gasteiger partial charge is 0.312 e. The van der Waals surface area contributed by atoms with Crippen molar-refractivity contribution in [3.63, 3.8) is 0 Å². The van der Waals surface area contributed by atoms with Gasteiger partial charge in [-0.2, -0.15) is 0 Å². The predicted molar refractivity (Wildman–Crippen MR) is 83.1 cm³/mol. The summed E-state index contributed by atoms with van der Waals surface area (Å²) in [6.07, 6.45) is 1.57. The maximum atomic E-state index is 12.6. The minimum atomic E-state index is -0.430. The number of rotatable bonds is 5. The molecule has 0 saturated carbocycles. The summed E-state index contributed by atoms with van der Waals surface area (Å²) in [5.74, 6) is -0.105. The number of benzene rings is 1. The summed E-state index contributed by atoms with van der Waals surface area (Å²) >= 11 is 0. The molecule has 0 aliphatic rings. The van der Waals surface area contributed by atoms with E-state index >= 15 is 0 Å². The Morgan fingerprint density at radius 2 is 1.60 bits per heavy atom. The summed E-state index contributed by atoms with van der Waals surface area (Å²) in [4.78, 5) is 12.6. The molecule has 0 heterocycles. The SMILES string of the molecule is CCC(CC)(C(=O)OCc1ccc(N)cc1)C(C)(C)C. The Morgan fingerprint density at radius 3 is 2.00 bits per heavy atom. The van der Waals surface area contributed by atoms with Gasteiger partial charge in [-0.25, -0.2) is 0 Å². The summed E-state index contributed by atoms with van der Waals surface area (Å²) in [6.45, 7) is 10.7. The fraction of sp³-hybridized carbons (Fsp3) is 0.588. The molecule has 2 N–H and O–H groups in total. The van der Waals surface area contributed by atoms with E-state index in [1.165, 1.54) is 0 Å². The number of carbonyl (C=O) groups excluding carboxylic acids is 1. The number of anilines is 1. The molecule has 0 aliphatic carbocycles. The second-order valence-corrected chi connectivity index (χ2v) is 6.36. The first-order valence-corrected chi connectivity index (χ1v) is 7.28. The third-order valence-corrected chi connectivity index (χ3v) is 4.38. The molecule has 0 unspecified atom stereocenters. The number of esters is 1. The summed E-state index contributed by atoms with van der Waals surface area (Å²) in [5.41, 5.74) is 6.77. The highest BCUT2D eigenvalue weighted by atomic mass is 16.5. The summed E-state index contributed by atoms with van der Waals surface area (Å²) in [7, 11) is 0. The fourth-order valence-electron chi connectivity index (χ4n) is 2.81. The molecular weight excluding hydrogens is 250 g/mol. The van der Waals surface area contributed by atoms with Gasteiger partial charge in [0.05, 0.1) is 5.41 Å². The van der Waals surface area contributed by atoms with Crippen molar-refractivity contribution >= 4 is 11.7 Å². The molecule has 1 rings (SSSR count). The van der Waals surface area contributed by atoms with Crippen molar-refractivity contribution in [2.75, 3.05) is 5.73 Å². The van der Waals surface area contributed by atoms with Crippen LogP contribution in [-0.2, 0) is 16.1 Å². The van der Waals surface area contributed by atoms with Crippen molar-refractivity contribution in [2.45, 2.75) is 54.1 Å². The minimum Gasteiger partial charge on any atom is -0.460 e. The van der Waals surface area contributed by atoms with Gasteiger partial charge in [0.15, 0.2) is 0 Å². The van der Waals surface area contributed by atoms with Crippen molar-refractivity contribution in [1.82, 2.24) is 0 Å². The second kappa shape index (κ2) is 6.29. The highest BCUT2D eigenvalue weighted by Crippen LogP contribution is 2.45. The molecule has 1 aromatic rings. The lowest BCUT2D eigenvalue weighted by Crippen LogP contribution is -2.43. The molecule has 3 nitrogen and oxygen atoms in total. The van der Waals surface area contributed by atoms with Gasteiger partial charge in [-0.1, -0.05) is 46.8 Å². The molecule has 112 valence electrons. The number of carbonyl (C=O) groups is 1. The van der Waals surface area contributed by atoms with Crippen molar-refractivity contribution in [1.29, 1.82) is 0 Å². The lowest BCUT2D eigenvalue weighted by Gasteiger charge is -2.41. The van der Waals surface area contributed by atoms with E-state index in [9.17, 15) is 4.79 Å². The summed E-state index contributed by atoms with van der Waals surface area (Å²) in [5, 5.41) is 0. The molecular formula is C17H27NO2. The zero-order valence-corrected chi connectivity index (χ0v) is 13.3. The van der Waals surface area contributed by atoms with Crippen LogP contribution in [0.1, 0.15) is 53.0 Å². The molecule has 0 spiro atoms. The Morgan fingerprint density at radius 1 is 1.10 bits per heavy atom. The number of hydrogen-bond acceptors (Lipinski definition) is 3. The third kappa shape index (κ3) is 3.33. The van der Waals surface area contributed by atoms with E-state index in [0.29, 0.717) is 12.3 Å². The molecule has 0 aliphatic heterocycles.